The van der Waals surface area contributed by atoms with Crippen LogP contribution in [0.5, 0.6) is 5.75 Å². The summed E-state index contributed by atoms with van der Waals surface area (Å²) >= 11 is 5.83. The van der Waals surface area contributed by atoms with Gasteiger partial charge in [0.25, 0.3) is 5.89 Å². The third-order valence-corrected chi connectivity index (χ3v) is 3.95. The molecule has 0 radical (unpaired) electrons. The Balaban J connectivity index is 1.62. The minimum absolute atomic E-state index is 0.140. The first kappa shape index (κ1) is 17.9. The Labute approximate surface area is 155 Å². The second-order valence-electron chi connectivity index (χ2n) is 5.61. The highest BCUT2D eigenvalue weighted by atomic mass is 35.5. The first-order valence-electron chi connectivity index (χ1n) is 7.97. The molecule has 1 aromatic heterocycles. The zero-order chi connectivity index (χ0) is 18.5. The quantitative estimate of drug-likeness (QED) is 0.602. The van der Waals surface area contributed by atoms with Crippen molar-refractivity contribution in [3.63, 3.8) is 0 Å². The number of carbonyl (C=O) groups is 1. The molecule has 0 bridgehead atoms. The summed E-state index contributed by atoms with van der Waals surface area (Å²) in [6.45, 7) is 1.69. The molecule has 3 rings (SSSR count). The first-order valence-corrected chi connectivity index (χ1v) is 8.34. The second-order valence-corrected chi connectivity index (χ2v) is 6.05. The number of carbonyl (C=O) groups excluding carboxylic acids is 1. The molecule has 26 heavy (non-hydrogen) atoms. The summed E-state index contributed by atoms with van der Waals surface area (Å²) in [5, 5.41) is 8.58. The molecule has 0 amide bonds. The average Bonchev–Trinajstić information content (AvgIpc) is 3.14. The van der Waals surface area contributed by atoms with E-state index in [1.54, 1.807) is 50.4 Å². The Bertz CT molecular complexity index is 875. The number of hydrogen-bond donors (Lipinski definition) is 0. The summed E-state index contributed by atoms with van der Waals surface area (Å²) in [6, 6.07) is 14.2. The summed E-state index contributed by atoms with van der Waals surface area (Å²) in [5.41, 5.74) is 1.57. The minimum Gasteiger partial charge on any atom is -0.497 e. The minimum atomic E-state index is -0.644. The largest absolute Gasteiger partial charge is 0.497 e. The Kier molecular flexibility index (Phi) is 5.53. The number of hydrogen-bond acceptors (Lipinski definition) is 6. The molecule has 2 aromatic carbocycles. The molecule has 0 fully saturated rings. The normalized spacial score (nSPS) is 11.8. The fourth-order valence-corrected chi connectivity index (χ4v) is 2.43. The number of aromatic nitrogens is 2. The molecule has 0 saturated heterocycles. The van der Waals surface area contributed by atoms with Crippen LogP contribution in [-0.2, 0) is 16.0 Å². The van der Waals surface area contributed by atoms with E-state index in [0.29, 0.717) is 10.9 Å². The topological polar surface area (TPSA) is 74.5 Å². The van der Waals surface area contributed by atoms with Crippen LogP contribution in [0.25, 0.3) is 11.5 Å². The SMILES string of the molecule is COc1ccc(-c2nnc([C@@H](C)OC(=O)Cc3ccc(Cl)cc3)o2)cc1. The number of halogens is 1. The van der Waals surface area contributed by atoms with E-state index in [1.807, 2.05) is 12.1 Å². The Morgan fingerprint density at radius 3 is 2.46 bits per heavy atom. The van der Waals surface area contributed by atoms with Crippen LogP contribution in [0.1, 0.15) is 24.5 Å². The molecule has 3 aromatic rings. The summed E-state index contributed by atoms with van der Waals surface area (Å²) < 4.78 is 16.1. The van der Waals surface area contributed by atoms with Crippen molar-refractivity contribution >= 4 is 17.6 Å². The van der Waals surface area contributed by atoms with E-state index in [4.69, 9.17) is 25.5 Å². The molecule has 0 aliphatic heterocycles. The molecule has 0 aliphatic carbocycles. The molecule has 1 heterocycles. The van der Waals surface area contributed by atoms with E-state index in [2.05, 4.69) is 10.2 Å². The van der Waals surface area contributed by atoms with Gasteiger partial charge in [0.15, 0.2) is 6.10 Å². The Morgan fingerprint density at radius 1 is 1.12 bits per heavy atom. The van der Waals surface area contributed by atoms with Gasteiger partial charge in [-0.1, -0.05) is 23.7 Å². The van der Waals surface area contributed by atoms with Crippen molar-refractivity contribution in [2.45, 2.75) is 19.4 Å². The molecule has 0 spiro atoms. The fourth-order valence-electron chi connectivity index (χ4n) is 2.31. The van der Waals surface area contributed by atoms with Crippen LogP contribution in [0, 0.1) is 0 Å². The van der Waals surface area contributed by atoms with Crippen molar-refractivity contribution in [1.82, 2.24) is 10.2 Å². The summed E-state index contributed by atoms with van der Waals surface area (Å²) in [7, 11) is 1.60. The third kappa shape index (κ3) is 4.40. The maximum atomic E-state index is 12.1. The Hall–Kier alpha value is -2.86. The van der Waals surface area contributed by atoms with Crippen molar-refractivity contribution in [3.05, 3.63) is 65.0 Å². The van der Waals surface area contributed by atoms with E-state index in [-0.39, 0.29) is 18.3 Å². The highest BCUT2D eigenvalue weighted by molar-refractivity contribution is 6.30. The van der Waals surface area contributed by atoms with E-state index in [1.165, 1.54) is 0 Å². The maximum absolute atomic E-state index is 12.1. The highest BCUT2D eigenvalue weighted by Crippen LogP contribution is 2.24. The van der Waals surface area contributed by atoms with Gasteiger partial charge < -0.3 is 13.9 Å². The predicted molar refractivity (Wildman–Crippen MR) is 95.9 cm³/mol. The lowest BCUT2D eigenvalue weighted by atomic mass is 10.1. The molecular formula is C19H17ClN2O4. The van der Waals surface area contributed by atoms with E-state index < -0.39 is 6.10 Å². The van der Waals surface area contributed by atoms with Gasteiger partial charge in [0.2, 0.25) is 5.89 Å². The standard InChI is InChI=1S/C19H17ClN2O4/c1-12(25-17(23)11-13-3-7-15(20)8-4-13)18-21-22-19(26-18)14-5-9-16(24-2)10-6-14/h3-10,12H,11H2,1-2H3/t12-/m1/s1. The van der Waals surface area contributed by atoms with E-state index >= 15 is 0 Å². The average molecular weight is 373 g/mol. The van der Waals surface area contributed by atoms with Crippen LogP contribution in [0.15, 0.2) is 52.9 Å². The molecule has 1 atom stereocenters. The molecule has 0 aliphatic rings. The van der Waals surface area contributed by atoms with Gasteiger partial charge in [-0.05, 0) is 48.9 Å². The molecule has 134 valence electrons. The van der Waals surface area contributed by atoms with Gasteiger partial charge in [0, 0.05) is 10.6 Å². The van der Waals surface area contributed by atoms with Crippen LogP contribution >= 0.6 is 11.6 Å². The van der Waals surface area contributed by atoms with Gasteiger partial charge in [0.1, 0.15) is 5.75 Å². The van der Waals surface area contributed by atoms with Crippen LogP contribution in [-0.4, -0.2) is 23.3 Å². The van der Waals surface area contributed by atoms with E-state index in [0.717, 1.165) is 16.9 Å². The summed E-state index contributed by atoms with van der Waals surface area (Å²) in [6.07, 6.45) is -0.504. The smallest absolute Gasteiger partial charge is 0.311 e. The lowest BCUT2D eigenvalue weighted by molar-refractivity contribution is -0.148. The zero-order valence-electron chi connectivity index (χ0n) is 14.3. The molecular weight excluding hydrogens is 356 g/mol. The van der Waals surface area contributed by atoms with Crippen molar-refractivity contribution < 1.29 is 18.7 Å². The molecule has 7 heteroatoms. The van der Waals surface area contributed by atoms with Crippen molar-refractivity contribution in [2.75, 3.05) is 7.11 Å². The van der Waals surface area contributed by atoms with Crippen LogP contribution in [0.2, 0.25) is 5.02 Å². The first-order chi connectivity index (χ1) is 12.5. The lowest BCUT2D eigenvalue weighted by Gasteiger charge is -2.09. The van der Waals surface area contributed by atoms with Gasteiger partial charge in [-0.3, -0.25) is 4.79 Å². The molecule has 0 saturated carbocycles. The lowest BCUT2D eigenvalue weighted by Crippen LogP contribution is -2.11. The number of rotatable bonds is 6. The number of benzene rings is 2. The van der Waals surface area contributed by atoms with Crippen LogP contribution in [0.4, 0.5) is 0 Å². The third-order valence-electron chi connectivity index (χ3n) is 3.70. The molecule has 0 N–H and O–H groups in total. The fraction of sp³-hybridized carbons (Fsp3) is 0.211. The van der Waals surface area contributed by atoms with Gasteiger partial charge in [-0.2, -0.15) is 0 Å². The van der Waals surface area contributed by atoms with Crippen molar-refractivity contribution in [1.29, 1.82) is 0 Å². The second kappa shape index (κ2) is 8.01. The van der Waals surface area contributed by atoms with Gasteiger partial charge in [-0.25, -0.2) is 0 Å². The zero-order valence-corrected chi connectivity index (χ0v) is 15.1. The number of methoxy groups -OCH3 is 1. The Morgan fingerprint density at radius 2 is 1.81 bits per heavy atom. The van der Waals surface area contributed by atoms with Gasteiger partial charge >= 0.3 is 5.97 Å². The highest BCUT2D eigenvalue weighted by Gasteiger charge is 2.19. The number of esters is 1. The maximum Gasteiger partial charge on any atom is 0.311 e. The van der Waals surface area contributed by atoms with Crippen molar-refractivity contribution in [2.24, 2.45) is 0 Å². The van der Waals surface area contributed by atoms with Gasteiger partial charge in [-0.15, -0.1) is 10.2 Å². The number of nitrogens with zero attached hydrogens (tertiary/aromatic N) is 2. The van der Waals surface area contributed by atoms with Crippen LogP contribution < -0.4 is 4.74 Å². The van der Waals surface area contributed by atoms with Crippen molar-refractivity contribution in [3.8, 4) is 17.2 Å². The van der Waals surface area contributed by atoms with E-state index in [9.17, 15) is 4.79 Å². The molecule has 6 nitrogen and oxygen atoms in total. The summed E-state index contributed by atoms with van der Waals surface area (Å²) in [5.74, 6) is 0.936. The monoisotopic (exact) mass is 372 g/mol. The number of ether oxygens (including phenoxy) is 2. The summed E-state index contributed by atoms with van der Waals surface area (Å²) in [4.78, 5) is 12.1. The van der Waals surface area contributed by atoms with Crippen LogP contribution in [0.3, 0.4) is 0 Å². The molecule has 0 unspecified atom stereocenters. The predicted octanol–water partition coefficient (Wildman–Crippen LogP) is 4.25. The van der Waals surface area contributed by atoms with Gasteiger partial charge in [0.05, 0.1) is 13.5 Å².